The molecule has 0 amide bonds. The van der Waals surface area contributed by atoms with Crippen molar-refractivity contribution in [1.82, 2.24) is 4.98 Å². The number of hydrazine groups is 1. The fraction of sp³-hybridized carbons (Fsp3) is 0.154. The van der Waals surface area contributed by atoms with Gasteiger partial charge in [-0.2, -0.15) is 0 Å². The number of ether oxygens (including phenoxy) is 1. The molecule has 0 spiro atoms. The molecule has 1 heterocycles. The predicted molar refractivity (Wildman–Crippen MR) is 67.0 cm³/mol. The van der Waals surface area contributed by atoms with Crippen molar-refractivity contribution in [1.29, 1.82) is 0 Å². The number of nitrogens with two attached hydrogens (primary N) is 1. The predicted octanol–water partition coefficient (Wildman–Crippen LogP) is 2.08. The third kappa shape index (κ3) is 3.55. The van der Waals surface area contributed by atoms with Crippen molar-refractivity contribution in [2.45, 2.75) is 13.2 Å². The molecule has 0 fully saturated rings. The highest BCUT2D eigenvalue weighted by Crippen LogP contribution is 2.07. The molecule has 0 atom stereocenters. The fourth-order valence-electron chi connectivity index (χ4n) is 1.46. The highest BCUT2D eigenvalue weighted by Gasteiger charge is 1.96. The molecule has 0 aliphatic heterocycles. The van der Waals surface area contributed by atoms with Gasteiger partial charge in [-0.3, -0.25) is 0 Å². The molecule has 4 heteroatoms. The molecule has 0 saturated heterocycles. The molecule has 0 unspecified atom stereocenters. The fourth-order valence-corrected chi connectivity index (χ4v) is 1.46. The average Bonchev–Trinajstić information content (AvgIpc) is 2.41. The summed E-state index contributed by atoms with van der Waals surface area (Å²) in [6, 6.07) is 13.8. The van der Waals surface area contributed by atoms with Crippen LogP contribution < -0.4 is 11.3 Å². The second-order valence-corrected chi connectivity index (χ2v) is 3.67. The number of hydrogen-bond donors (Lipinski definition) is 2. The van der Waals surface area contributed by atoms with E-state index in [1.807, 2.05) is 42.5 Å². The number of rotatable bonds is 5. The van der Waals surface area contributed by atoms with E-state index in [2.05, 4.69) is 10.4 Å². The van der Waals surface area contributed by atoms with Gasteiger partial charge in [-0.05, 0) is 17.2 Å². The number of nitrogen functional groups attached to an aromatic ring is 1. The van der Waals surface area contributed by atoms with Gasteiger partial charge in [0.15, 0.2) is 0 Å². The summed E-state index contributed by atoms with van der Waals surface area (Å²) >= 11 is 0. The molecule has 17 heavy (non-hydrogen) atoms. The summed E-state index contributed by atoms with van der Waals surface area (Å²) in [7, 11) is 0. The summed E-state index contributed by atoms with van der Waals surface area (Å²) in [5.74, 6) is 5.88. The van der Waals surface area contributed by atoms with Crippen molar-refractivity contribution in [2.75, 3.05) is 5.43 Å². The third-order valence-electron chi connectivity index (χ3n) is 2.35. The molecule has 1 aromatic heterocycles. The molecule has 0 saturated carbocycles. The maximum absolute atomic E-state index is 5.59. The van der Waals surface area contributed by atoms with Crippen LogP contribution in [0.4, 0.5) is 5.82 Å². The molecule has 3 N–H and O–H groups in total. The number of nitrogens with zero attached hydrogens (tertiary/aromatic N) is 1. The van der Waals surface area contributed by atoms with Crippen LogP contribution in [0.15, 0.2) is 48.7 Å². The van der Waals surface area contributed by atoms with E-state index in [1.54, 1.807) is 6.20 Å². The Morgan fingerprint density at radius 2 is 1.76 bits per heavy atom. The standard InChI is InChI=1S/C13H15N3O/c14-16-13-7-6-12(8-15-13)10-17-9-11-4-2-1-3-5-11/h1-8H,9-10,14H2,(H,15,16). The number of anilines is 1. The van der Waals surface area contributed by atoms with Gasteiger partial charge in [0.2, 0.25) is 0 Å². The van der Waals surface area contributed by atoms with E-state index in [4.69, 9.17) is 10.6 Å². The SMILES string of the molecule is NNc1ccc(COCc2ccccc2)cn1. The van der Waals surface area contributed by atoms with Crippen molar-refractivity contribution in [3.63, 3.8) is 0 Å². The number of aromatic nitrogens is 1. The molecule has 4 nitrogen and oxygen atoms in total. The van der Waals surface area contributed by atoms with Crippen molar-refractivity contribution >= 4 is 5.82 Å². The largest absolute Gasteiger partial charge is 0.372 e. The van der Waals surface area contributed by atoms with Gasteiger partial charge in [-0.25, -0.2) is 10.8 Å². The van der Waals surface area contributed by atoms with Gasteiger partial charge in [-0.15, -0.1) is 0 Å². The van der Waals surface area contributed by atoms with Crippen molar-refractivity contribution in [3.05, 3.63) is 59.8 Å². The lowest BCUT2D eigenvalue weighted by atomic mass is 10.2. The van der Waals surface area contributed by atoms with E-state index in [1.165, 1.54) is 5.56 Å². The average molecular weight is 229 g/mol. The Morgan fingerprint density at radius 3 is 2.41 bits per heavy atom. The van der Waals surface area contributed by atoms with Crippen molar-refractivity contribution in [3.8, 4) is 0 Å². The van der Waals surface area contributed by atoms with Gasteiger partial charge < -0.3 is 10.2 Å². The van der Waals surface area contributed by atoms with E-state index in [9.17, 15) is 0 Å². The van der Waals surface area contributed by atoms with Crippen molar-refractivity contribution < 1.29 is 4.74 Å². The lowest BCUT2D eigenvalue weighted by molar-refractivity contribution is 0.107. The minimum Gasteiger partial charge on any atom is -0.372 e. The minimum atomic E-state index is 0.548. The first-order valence-corrected chi connectivity index (χ1v) is 5.41. The topological polar surface area (TPSA) is 60.2 Å². The third-order valence-corrected chi connectivity index (χ3v) is 2.35. The Morgan fingerprint density at radius 1 is 1.00 bits per heavy atom. The van der Waals surface area contributed by atoms with E-state index in [0.29, 0.717) is 19.0 Å². The maximum atomic E-state index is 5.59. The van der Waals surface area contributed by atoms with Crippen LogP contribution in [-0.4, -0.2) is 4.98 Å². The zero-order valence-corrected chi connectivity index (χ0v) is 9.47. The summed E-state index contributed by atoms with van der Waals surface area (Å²) in [6.45, 7) is 1.16. The van der Waals surface area contributed by atoms with Crippen molar-refractivity contribution in [2.24, 2.45) is 5.84 Å². The van der Waals surface area contributed by atoms with Gasteiger partial charge in [0.05, 0.1) is 13.2 Å². The monoisotopic (exact) mass is 229 g/mol. The van der Waals surface area contributed by atoms with Crippen LogP contribution in [-0.2, 0) is 18.0 Å². The lowest BCUT2D eigenvalue weighted by Crippen LogP contribution is -2.08. The molecule has 88 valence electrons. The number of benzene rings is 1. The van der Waals surface area contributed by atoms with Gasteiger partial charge in [0, 0.05) is 6.20 Å². The molecule has 2 aromatic rings. The number of hydrogen-bond acceptors (Lipinski definition) is 4. The molecular formula is C13H15N3O. The van der Waals surface area contributed by atoms with E-state index in [-0.39, 0.29) is 0 Å². The Bertz CT molecular complexity index is 442. The molecule has 2 rings (SSSR count). The van der Waals surface area contributed by atoms with E-state index in [0.717, 1.165) is 5.56 Å². The van der Waals surface area contributed by atoms with Gasteiger partial charge in [-0.1, -0.05) is 36.4 Å². The van der Waals surface area contributed by atoms with Crippen LogP contribution in [0.2, 0.25) is 0 Å². The van der Waals surface area contributed by atoms with Gasteiger partial charge >= 0.3 is 0 Å². The molecule has 0 aliphatic carbocycles. The summed E-state index contributed by atoms with van der Waals surface area (Å²) in [5.41, 5.74) is 4.68. The van der Waals surface area contributed by atoms with Crippen LogP contribution in [0, 0.1) is 0 Å². The second-order valence-electron chi connectivity index (χ2n) is 3.67. The quantitative estimate of drug-likeness (QED) is 0.608. The zero-order chi connectivity index (χ0) is 11.9. The zero-order valence-electron chi connectivity index (χ0n) is 9.47. The minimum absolute atomic E-state index is 0.548. The smallest absolute Gasteiger partial charge is 0.139 e. The molecule has 0 aliphatic rings. The molecule has 0 radical (unpaired) electrons. The Hall–Kier alpha value is -1.91. The van der Waals surface area contributed by atoms with Gasteiger partial charge in [0.25, 0.3) is 0 Å². The number of pyridine rings is 1. The van der Waals surface area contributed by atoms with Gasteiger partial charge in [0.1, 0.15) is 5.82 Å². The second kappa shape index (κ2) is 5.98. The number of nitrogens with one attached hydrogen (secondary N) is 1. The van der Waals surface area contributed by atoms with E-state index >= 15 is 0 Å². The first-order chi connectivity index (χ1) is 8.38. The van der Waals surface area contributed by atoms with Crippen LogP contribution in [0.1, 0.15) is 11.1 Å². The first-order valence-electron chi connectivity index (χ1n) is 5.41. The van der Waals surface area contributed by atoms with Crippen LogP contribution in [0.3, 0.4) is 0 Å². The molecule has 1 aromatic carbocycles. The normalized spacial score (nSPS) is 10.2. The lowest BCUT2D eigenvalue weighted by Gasteiger charge is -2.05. The van der Waals surface area contributed by atoms with Crippen LogP contribution in [0.25, 0.3) is 0 Å². The first kappa shape index (κ1) is 11.6. The summed E-state index contributed by atoms with van der Waals surface area (Å²) in [6.07, 6.45) is 1.75. The molecule has 0 bridgehead atoms. The summed E-state index contributed by atoms with van der Waals surface area (Å²) < 4.78 is 5.59. The van der Waals surface area contributed by atoms with E-state index < -0.39 is 0 Å². The molecular weight excluding hydrogens is 214 g/mol. The summed E-state index contributed by atoms with van der Waals surface area (Å²) in [4.78, 5) is 4.11. The highest BCUT2D eigenvalue weighted by atomic mass is 16.5. The maximum Gasteiger partial charge on any atom is 0.139 e. The Kier molecular flexibility index (Phi) is 4.07. The van der Waals surface area contributed by atoms with Crippen LogP contribution in [0.5, 0.6) is 0 Å². The Labute approximate surface area is 100 Å². The highest BCUT2D eigenvalue weighted by molar-refractivity contribution is 5.33. The Balaban J connectivity index is 1.82. The van der Waals surface area contributed by atoms with Crippen LogP contribution >= 0.6 is 0 Å². The summed E-state index contributed by atoms with van der Waals surface area (Å²) in [5, 5.41) is 0.